The summed E-state index contributed by atoms with van der Waals surface area (Å²) in [5.74, 6) is -0.365. The molecule has 1 aromatic heterocycles. The molecule has 9 heteroatoms. The Kier molecular flexibility index (Phi) is 6.16. The summed E-state index contributed by atoms with van der Waals surface area (Å²) in [6.07, 6.45) is 4.40. The monoisotopic (exact) mass is 471 g/mol. The zero-order valence-electron chi connectivity index (χ0n) is 18.7. The number of carbonyl (C=O) groups is 2. The molecule has 2 N–H and O–H groups in total. The number of rotatable bonds is 4. The van der Waals surface area contributed by atoms with Gasteiger partial charge in [-0.2, -0.15) is 5.10 Å². The molecule has 3 aliphatic rings. The molecule has 0 unspecified atom stereocenters. The van der Waals surface area contributed by atoms with Gasteiger partial charge in [0.2, 0.25) is 5.91 Å². The van der Waals surface area contributed by atoms with Crippen LogP contribution in [0.1, 0.15) is 60.0 Å². The van der Waals surface area contributed by atoms with Crippen LogP contribution in [0.4, 0.5) is 0 Å². The minimum absolute atomic E-state index is 0.100. The third-order valence-corrected chi connectivity index (χ3v) is 7.65. The first-order valence-corrected chi connectivity index (χ1v) is 12.1. The van der Waals surface area contributed by atoms with E-state index < -0.39 is 5.54 Å². The van der Waals surface area contributed by atoms with Gasteiger partial charge in [0.1, 0.15) is 11.6 Å². The summed E-state index contributed by atoms with van der Waals surface area (Å²) in [5, 5.41) is 5.28. The van der Waals surface area contributed by atoms with E-state index in [0.29, 0.717) is 49.8 Å². The Labute approximate surface area is 198 Å². The number of fused-ring (bicyclic) bond motifs is 1. The number of aromatic nitrogens is 2. The Morgan fingerprint density at radius 2 is 1.76 bits per heavy atom. The third kappa shape index (κ3) is 4.27. The van der Waals surface area contributed by atoms with Crippen molar-refractivity contribution >= 4 is 23.4 Å². The van der Waals surface area contributed by atoms with Crippen LogP contribution in [0, 0.1) is 0 Å². The van der Waals surface area contributed by atoms with Gasteiger partial charge in [-0.05, 0) is 62.5 Å². The van der Waals surface area contributed by atoms with Crippen LogP contribution in [0.25, 0.3) is 0 Å². The molecule has 2 saturated heterocycles. The zero-order valence-corrected chi connectivity index (χ0v) is 19.5. The van der Waals surface area contributed by atoms with Crippen LogP contribution < -0.4 is 5.73 Å². The molecule has 0 radical (unpaired) electrons. The highest BCUT2D eigenvalue weighted by molar-refractivity contribution is 6.30. The number of nitrogens with zero attached hydrogens (tertiary/aromatic N) is 4. The summed E-state index contributed by atoms with van der Waals surface area (Å²) >= 11 is 5.99. The lowest BCUT2D eigenvalue weighted by Gasteiger charge is -2.48. The molecule has 33 heavy (non-hydrogen) atoms. The van der Waals surface area contributed by atoms with E-state index in [4.69, 9.17) is 22.1 Å². The molecule has 0 spiro atoms. The van der Waals surface area contributed by atoms with Crippen molar-refractivity contribution in [1.82, 2.24) is 19.6 Å². The van der Waals surface area contributed by atoms with Crippen molar-refractivity contribution in [1.29, 1.82) is 0 Å². The van der Waals surface area contributed by atoms with Crippen LogP contribution in [0.15, 0.2) is 30.3 Å². The molecule has 0 saturated carbocycles. The number of likely N-dealkylation sites (tertiary alicyclic amines) is 2. The van der Waals surface area contributed by atoms with Gasteiger partial charge in [-0.3, -0.25) is 19.2 Å². The van der Waals surface area contributed by atoms with Crippen molar-refractivity contribution in [3.8, 4) is 0 Å². The molecule has 5 rings (SSSR count). The maximum absolute atomic E-state index is 13.2. The second-order valence-electron chi connectivity index (χ2n) is 9.29. The smallest absolute Gasteiger partial charge is 0.274 e. The molecule has 1 atom stereocenters. The lowest BCUT2D eigenvalue weighted by Crippen LogP contribution is -2.63. The molecule has 176 valence electrons. The van der Waals surface area contributed by atoms with E-state index >= 15 is 0 Å². The minimum atomic E-state index is -0.635. The molecule has 2 aromatic rings. The van der Waals surface area contributed by atoms with Crippen LogP contribution >= 0.6 is 11.6 Å². The SMILES string of the molecule is NC(=O)C1(N2CCCCC2)CCN(C(=O)c2cc3n(n2)C[C@H](c2ccc(Cl)cc2)OC3)CC1. The number of hydrogen-bond acceptors (Lipinski definition) is 5. The fourth-order valence-electron chi connectivity index (χ4n) is 5.39. The van der Waals surface area contributed by atoms with Gasteiger partial charge in [0.25, 0.3) is 5.91 Å². The number of benzene rings is 1. The van der Waals surface area contributed by atoms with Crippen LogP contribution in [-0.2, 0) is 22.7 Å². The molecular weight excluding hydrogens is 442 g/mol. The normalized spacial score (nSPS) is 23.2. The lowest BCUT2D eigenvalue weighted by atomic mass is 9.83. The van der Waals surface area contributed by atoms with E-state index in [1.54, 1.807) is 4.90 Å². The van der Waals surface area contributed by atoms with E-state index in [2.05, 4.69) is 10.00 Å². The van der Waals surface area contributed by atoms with Gasteiger partial charge >= 0.3 is 0 Å². The molecule has 4 heterocycles. The molecule has 3 aliphatic heterocycles. The fraction of sp³-hybridized carbons (Fsp3) is 0.542. The standard InChI is InChI=1S/C24H30ClN5O3/c25-18-6-4-17(5-7-18)21-15-30-19(16-33-21)14-20(27-30)22(31)28-12-8-24(9-13-28,23(26)32)29-10-2-1-3-11-29/h4-7,14,21H,1-3,8-13,15-16H2,(H2,26,32)/t21-/m1/s1. The molecule has 2 amide bonds. The summed E-state index contributed by atoms with van der Waals surface area (Å²) in [6, 6.07) is 9.42. The molecule has 1 aromatic carbocycles. The van der Waals surface area contributed by atoms with Crippen molar-refractivity contribution in [2.24, 2.45) is 5.73 Å². The van der Waals surface area contributed by atoms with Crippen molar-refractivity contribution in [2.75, 3.05) is 26.2 Å². The highest BCUT2D eigenvalue weighted by Gasteiger charge is 2.46. The van der Waals surface area contributed by atoms with Gasteiger partial charge in [-0.15, -0.1) is 0 Å². The average Bonchev–Trinajstić information content (AvgIpc) is 3.28. The van der Waals surface area contributed by atoms with Gasteiger partial charge in [0.05, 0.1) is 18.8 Å². The van der Waals surface area contributed by atoms with Crippen LogP contribution in [0.5, 0.6) is 0 Å². The number of carbonyl (C=O) groups excluding carboxylic acids is 2. The largest absolute Gasteiger partial charge is 0.368 e. The predicted octanol–water partition coefficient (Wildman–Crippen LogP) is 2.75. The lowest BCUT2D eigenvalue weighted by molar-refractivity contribution is -0.134. The van der Waals surface area contributed by atoms with Crippen molar-refractivity contribution < 1.29 is 14.3 Å². The fourth-order valence-corrected chi connectivity index (χ4v) is 5.52. The second kappa shape index (κ2) is 9.08. The first-order chi connectivity index (χ1) is 16.0. The number of amides is 2. The summed E-state index contributed by atoms with van der Waals surface area (Å²) in [7, 11) is 0. The Bertz CT molecular complexity index is 1020. The summed E-state index contributed by atoms with van der Waals surface area (Å²) < 4.78 is 7.87. The Morgan fingerprint density at radius 1 is 1.06 bits per heavy atom. The highest BCUT2D eigenvalue weighted by atomic mass is 35.5. The van der Waals surface area contributed by atoms with Crippen LogP contribution in [0.3, 0.4) is 0 Å². The van der Waals surface area contributed by atoms with E-state index in [0.717, 1.165) is 37.2 Å². The molecule has 8 nitrogen and oxygen atoms in total. The van der Waals surface area contributed by atoms with Crippen molar-refractivity contribution in [2.45, 2.75) is 56.9 Å². The Hall–Kier alpha value is -2.42. The summed E-state index contributed by atoms with van der Waals surface area (Å²) in [4.78, 5) is 29.7. The number of halogens is 1. The van der Waals surface area contributed by atoms with Gasteiger partial charge in [-0.25, -0.2) is 0 Å². The number of ether oxygens (including phenoxy) is 1. The van der Waals surface area contributed by atoms with Gasteiger partial charge < -0.3 is 15.4 Å². The Balaban J connectivity index is 1.26. The average molecular weight is 472 g/mol. The quantitative estimate of drug-likeness (QED) is 0.740. The minimum Gasteiger partial charge on any atom is -0.368 e. The predicted molar refractivity (Wildman–Crippen MR) is 124 cm³/mol. The first kappa shape index (κ1) is 22.4. The maximum Gasteiger partial charge on any atom is 0.274 e. The van der Waals surface area contributed by atoms with Crippen LogP contribution in [-0.4, -0.2) is 63.1 Å². The van der Waals surface area contributed by atoms with Crippen molar-refractivity contribution in [3.05, 3.63) is 52.3 Å². The van der Waals surface area contributed by atoms with E-state index in [-0.39, 0.29) is 17.9 Å². The number of piperidine rings is 2. The highest BCUT2D eigenvalue weighted by Crippen LogP contribution is 2.33. The van der Waals surface area contributed by atoms with Gasteiger partial charge in [-0.1, -0.05) is 30.2 Å². The van der Waals surface area contributed by atoms with E-state index in [1.807, 2.05) is 35.0 Å². The number of nitrogens with two attached hydrogens (primary N) is 1. The summed E-state index contributed by atoms with van der Waals surface area (Å²) in [5.41, 5.74) is 7.59. The number of primary amides is 1. The molecule has 0 bridgehead atoms. The van der Waals surface area contributed by atoms with E-state index in [9.17, 15) is 9.59 Å². The second-order valence-corrected chi connectivity index (χ2v) is 9.73. The van der Waals surface area contributed by atoms with Gasteiger partial charge in [0.15, 0.2) is 5.69 Å². The zero-order chi connectivity index (χ0) is 23.0. The topological polar surface area (TPSA) is 93.7 Å². The van der Waals surface area contributed by atoms with E-state index in [1.165, 1.54) is 6.42 Å². The van der Waals surface area contributed by atoms with Gasteiger partial charge in [0, 0.05) is 18.1 Å². The molecular formula is C24H30ClN5O3. The maximum atomic E-state index is 13.2. The Morgan fingerprint density at radius 3 is 2.42 bits per heavy atom. The van der Waals surface area contributed by atoms with Crippen molar-refractivity contribution in [3.63, 3.8) is 0 Å². The third-order valence-electron chi connectivity index (χ3n) is 7.39. The molecule has 2 fully saturated rings. The van der Waals surface area contributed by atoms with Crippen LogP contribution in [0.2, 0.25) is 5.02 Å². The summed E-state index contributed by atoms with van der Waals surface area (Å²) in [6.45, 7) is 3.75. The number of hydrogen-bond donors (Lipinski definition) is 1. The first-order valence-electron chi connectivity index (χ1n) is 11.7. The molecule has 0 aliphatic carbocycles.